The van der Waals surface area contributed by atoms with Crippen molar-refractivity contribution >= 4 is 5.91 Å². The van der Waals surface area contributed by atoms with Crippen molar-refractivity contribution in [3.8, 4) is 0 Å². The maximum absolute atomic E-state index is 11.8. The van der Waals surface area contributed by atoms with Gasteiger partial charge in [-0.2, -0.15) is 0 Å². The third-order valence-corrected chi connectivity index (χ3v) is 3.83. The average molecular weight is 181 g/mol. The minimum absolute atomic E-state index is 0.0403. The van der Waals surface area contributed by atoms with Crippen LogP contribution in [0.15, 0.2) is 0 Å². The van der Waals surface area contributed by atoms with Crippen molar-refractivity contribution in [2.75, 3.05) is 0 Å². The molecule has 1 atom stereocenters. The molecule has 0 spiro atoms. The van der Waals surface area contributed by atoms with E-state index in [1.54, 1.807) is 0 Å². The van der Waals surface area contributed by atoms with Gasteiger partial charge in [0.25, 0.3) is 0 Å². The van der Waals surface area contributed by atoms with Gasteiger partial charge in [0.2, 0.25) is 5.91 Å². The third-order valence-electron chi connectivity index (χ3n) is 3.83. The van der Waals surface area contributed by atoms with Gasteiger partial charge >= 0.3 is 0 Å². The Labute approximate surface area is 80.1 Å². The molecule has 2 nitrogen and oxygen atoms in total. The molecule has 0 heterocycles. The molecule has 13 heavy (non-hydrogen) atoms. The molecule has 0 aromatic rings. The number of nitrogens with one attached hydrogen (secondary N) is 1. The minimum Gasteiger partial charge on any atom is -0.352 e. The molecular formula is C11H19NO. The van der Waals surface area contributed by atoms with E-state index in [4.69, 9.17) is 0 Å². The van der Waals surface area contributed by atoms with Crippen molar-refractivity contribution in [2.45, 2.75) is 52.5 Å². The molecule has 74 valence electrons. The summed E-state index contributed by atoms with van der Waals surface area (Å²) in [5.41, 5.74) is 0.401. The summed E-state index contributed by atoms with van der Waals surface area (Å²) in [6, 6.07) is 0.448. The van der Waals surface area contributed by atoms with Gasteiger partial charge in [0.05, 0.1) is 0 Å². The summed E-state index contributed by atoms with van der Waals surface area (Å²) < 4.78 is 0. The lowest BCUT2D eigenvalue weighted by Gasteiger charge is -2.13. The summed E-state index contributed by atoms with van der Waals surface area (Å²) in [5, 5.41) is 3.16. The van der Waals surface area contributed by atoms with Gasteiger partial charge in [-0.25, -0.2) is 0 Å². The maximum atomic E-state index is 11.8. The van der Waals surface area contributed by atoms with E-state index in [0.717, 1.165) is 25.7 Å². The predicted molar refractivity (Wildman–Crippen MR) is 52.3 cm³/mol. The smallest absolute Gasteiger partial charge is 0.226 e. The zero-order valence-electron chi connectivity index (χ0n) is 8.81. The fraction of sp³-hybridized carbons (Fsp3) is 0.909. The molecule has 2 aliphatic rings. The van der Waals surface area contributed by atoms with Gasteiger partial charge in [-0.15, -0.1) is 0 Å². The Morgan fingerprint density at radius 3 is 2.31 bits per heavy atom. The zero-order chi connectivity index (χ0) is 9.69. The standard InChI is InChI=1S/C11H19NO/c1-4-11(5-6-11)9(13)12-8-7-10(8,2)3/h8H,4-7H2,1-3H3,(H,12,13). The van der Waals surface area contributed by atoms with Crippen molar-refractivity contribution < 1.29 is 4.79 Å². The quantitative estimate of drug-likeness (QED) is 0.709. The van der Waals surface area contributed by atoms with Crippen molar-refractivity contribution in [3.05, 3.63) is 0 Å². The Bertz CT molecular complexity index is 240. The molecule has 0 radical (unpaired) electrons. The molecule has 1 amide bonds. The van der Waals surface area contributed by atoms with Crippen LogP contribution in [-0.2, 0) is 4.79 Å². The van der Waals surface area contributed by atoms with Crippen molar-refractivity contribution in [3.63, 3.8) is 0 Å². The molecule has 0 aromatic heterocycles. The fourth-order valence-electron chi connectivity index (χ4n) is 1.92. The summed E-state index contributed by atoms with van der Waals surface area (Å²) >= 11 is 0. The lowest BCUT2D eigenvalue weighted by molar-refractivity contribution is -0.126. The lowest BCUT2D eigenvalue weighted by Crippen LogP contribution is -2.35. The Kier molecular flexibility index (Phi) is 1.73. The first kappa shape index (κ1) is 9.04. The van der Waals surface area contributed by atoms with Crippen LogP contribution in [0.25, 0.3) is 0 Å². The summed E-state index contributed by atoms with van der Waals surface area (Å²) in [5.74, 6) is 0.311. The van der Waals surface area contributed by atoms with Crippen LogP contribution < -0.4 is 5.32 Å². The van der Waals surface area contributed by atoms with Crippen LogP contribution in [0.3, 0.4) is 0 Å². The molecule has 2 heteroatoms. The van der Waals surface area contributed by atoms with Crippen molar-refractivity contribution in [1.82, 2.24) is 5.32 Å². The number of hydrogen-bond donors (Lipinski definition) is 1. The number of carbonyl (C=O) groups is 1. The number of carbonyl (C=O) groups excluding carboxylic acids is 1. The molecule has 1 N–H and O–H groups in total. The van der Waals surface area contributed by atoms with Crippen LogP contribution in [-0.4, -0.2) is 11.9 Å². The van der Waals surface area contributed by atoms with E-state index in [0.29, 0.717) is 17.4 Å². The highest BCUT2D eigenvalue weighted by atomic mass is 16.2. The van der Waals surface area contributed by atoms with Crippen LogP contribution in [0.5, 0.6) is 0 Å². The van der Waals surface area contributed by atoms with E-state index in [-0.39, 0.29) is 5.41 Å². The SMILES string of the molecule is CCC1(C(=O)NC2CC2(C)C)CC1. The largest absolute Gasteiger partial charge is 0.352 e. The van der Waals surface area contributed by atoms with Gasteiger partial charge in [-0.1, -0.05) is 20.8 Å². The van der Waals surface area contributed by atoms with E-state index in [2.05, 4.69) is 26.1 Å². The number of rotatable bonds is 3. The van der Waals surface area contributed by atoms with E-state index < -0.39 is 0 Å². The molecule has 0 bridgehead atoms. The van der Waals surface area contributed by atoms with Gasteiger partial charge in [0.15, 0.2) is 0 Å². The first-order chi connectivity index (χ1) is 6.00. The fourth-order valence-corrected chi connectivity index (χ4v) is 1.92. The van der Waals surface area contributed by atoms with Gasteiger partial charge in [0.1, 0.15) is 0 Å². The van der Waals surface area contributed by atoms with Crippen LogP contribution in [0, 0.1) is 10.8 Å². The molecule has 2 rings (SSSR count). The first-order valence-electron chi connectivity index (χ1n) is 5.31. The molecule has 1 unspecified atom stereocenters. The topological polar surface area (TPSA) is 29.1 Å². The zero-order valence-corrected chi connectivity index (χ0v) is 8.81. The minimum atomic E-state index is 0.0403. The highest BCUT2D eigenvalue weighted by molar-refractivity contribution is 5.85. The average Bonchev–Trinajstić information content (AvgIpc) is 2.90. The molecule has 0 saturated heterocycles. The highest BCUT2D eigenvalue weighted by Crippen LogP contribution is 2.51. The molecular weight excluding hydrogens is 162 g/mol. The second-order valence-corrected chi connectivity index (χ2v) is 5.35. The highest BCUT2D eigenvalue weighted by Gasteiger charge is 2.53. The van der Waals surface area contributed by atoms with Crippen molar-refractivity contribution in [2.24, 2.45) is 10.8 Å². The maximum Gasteiger partial charge on any atom is 0.226 e. The Morgan fingerprint density at radius 1 is 1.46 bits per heavy atom. The predicted octanol–water partition coefficient (Wildman–Crippen LogP) is 2.09. The van der Waals surface area contributed by atoms with Crippen LogP contribution in [0.4, 0.5) is 0 Å². The second-order valence-electron chi connectivity index (χ2n) is 5.35. The van der Waals surface area contributed by atoms with Gasteiger partial charge in [0, 0.05) is 11.5 Å². The Morgan fingerprint density at radius 2 is 2.00 bits per heavy atom. The first-order valence-corrected chi connectivity index (χ1v) is 5.31. The van der Waals surface area contributed by atoms with Crippen LogP contribution >= 0.6 is 0 Å². The van der Waals surface area contributed by atoms with E-state index in [1.807, 2.05) is 0 Å². The third kappa shape index (κ3) is 1.47. The normalized spacial score (nSPS) is 32.4. The monoisotopic (exact) mass is 181 g/mol. The Balaban J connectivity index is 1.87. The van der Waals surface area contributed by atoms with Crippen LogP contribution in [0.1, 0.15) is 46.5 Å². The van der Waals surface area contributed by atoms with E-state index in [1.165, 1.54) is 0 Å². The number of amides is 1. The summed E-state index contributed by atoms with van der Waals surface area (Å²) in [7, 11) is 0. The number of hydrogen-bond acceptors (Lipinski definition) is 1. The van der Waals surface area contributed by atoms with Crippen molar-refractivity contribution in [1.29, 1.82) is 0 Å². The molecule has 2 saturated carbocycles. The van der Waals surface area contributed by atoms with Gasteiger partial charge in [-0.05, 0) is 31.1 Å². The molecule has 2 aliphatic carbocycles. The van der Waals surface area contributed by atoms with Crippen LogP contribution in [0.2, 0.25) is 0 Å². The second kappa shape index (κ2) is 2.49. The Hall–Kier alpha value is -0.530. The lowest BCUT2D eigenvalue weighted by atomic mass is 10.0. The van der Waals surface area contributed by atoms with E-state index in [9.17, 15) is 4.79 Å². The summed E-state index contributed by atoms with van der Waals surface area (Å²) in [6.07, 6.45) is 4.36. The molecule has 0 aromatic carbocycles. The molecule has 2 fully saturated rings. The summed E-state index contributed by atoms with van der Waals surface area (Å²) in [6.45, 7) is 6.54. The van der Waals surface area contributed by atoms with Gasteiger partial charge < -0.3 is 5.32 Å². The van der Waals surface area contributed by atoms with Gasteiger partial charge in [-0.3, -0.25) is 4.79 Å². The van der Waals surface area contributed by atoms with E-state index >= 15 is 0 Å². The summed E-state index contributed by atoms with van der Waals surface area (Å²) in [4.78, 5) is 11.8. The molecule has 0 aliphatic heterocycles.